The normalized spacial score (nSPS) is 16.6. The van der Waals surface area contributed by atoms with E-state index in [9.17, 15) is 8.42 Å². The first-order valence-electron chi connectivity index (χ1n) is 9.52. The van der Waals surface area contributed by atoms with Crippen molar-refractivity contribution in [2.24, 2.45) is 15.5 Å². The van der Waals surface area contributed by atoms with Gasteiger partial charge in [-0.3, -0.25) is 4.99 Å². The molecule has 0 amide bonds. The highest BCUT2D eigenvalue weighted by atomic mass is 127. The number of nitrogens with zero attached hydrogens (tertiary/aromatic N) is 1. The van der Waals surface area contributed by atoms with Gasteiger partial charge in [-0.05, 0) is 55.7 Å². The van der Waals surface area contributed by atoms with Crippen molar-refractivity contribution < 1.29 is 8.42 Å². The summed E-state index contributed by atoms with van der Waals surface area (Å²) in [7, 11) is -3.63. The van der Waals surface area contributed by atoms with E-state index in [1.54, 1.807) is 24.3 Å². The van der Waals surface area contributed by atoms with Crippen LogP contribution >= 0.6 is 24.0 Å². The number of nitrogens with one attached hydrogen (secondary N) is 2. The van der Waals surface area contributed by atoms with Gasteiger partial charge in [-0.2, -0.15) is 0 Å². The standard InChI is InChI=1S/C19H32N4O2S.HI/c1-3-19(12-5-6-13-19)15-23-18(21-4-2)22-14-11-16-7-9-17(10-8-16)26(20,24)25;/h7-10H,3-6,11-15H2,1-2H3,(H2,20,24,25)(H2,21,22,23);1H. The molecule has 0 bridgehead atoms. The Hall–Kier alpha value is -0.870. The van der Waals surface area contributed by atoms with Crippen LogP contribution in [0.4, 0.5) is 0 Å². The first-order chi connectivity index (χ1) is 12.4. The Kier molecular flexibility index (Phi) is 10.0. The van der Waals surface area contributed by atoms with Gasteiger partial charge in [0.1, 0.15) is 0 Å². The van der Waals surface area contributed by atoms with Crippen molar-refractivity contribution in [3.05, 3.63) is 29.8 Å². The third-order valence-corrected chi connectivity index (χ3v) is 6.22. The molecule has 0 saturated heterocycles. The Morgan fingerprint density at radius 2 is 1.78 bits per heavy atom. The van der Waals surface area contributed by atoms with Gasteiger partial charge in [0.15, 0.2) is 5.96 Å². The van der Waals surface area contributed by atoms with Crippen molar-refractivity contribution in [1.82, 2.24) is 10.6 Å². The molecule has 1 aliphatic carbocycles. The fourth-order valence-corrected chi connectivity index (χ4v) is 4.02. The van der Waals surface area contributed by atoms with E-state index in [0.29, 0.717) is 5.41 Å². The van der Waals surface area contributed by atoms with Crippen LogP contribution in [0.5, 0.6) is 0 Å². The number of guanidine groups is 1. The smallest absolute Gasteiger partial charge is 0.238 e. The van der Waals surface area contributed by atoms with E-state index in [4.69, 9.17) is 10.1 Å². The van der Waals surface area contributed by atoms with Crippen molar-refractivity contribution in [2.45, 2.75) is 57.3 Å². The van der Waals surface area contributed by atoms with Crippen molar-refractivity contribution in [2.75, 3.05) is 19.6 Å². The maximum Gasteiger partial charge on any atom is 0.238 e. The topological polar surface area (TPSA) is 96.6 Å². The summed E-state index contributed by atoms with van der Waals surface area (Å²) in [4.78, 5) is 4.96. The molecule has 8 heteroatoms. The van der Waals surface area contributed by atoms with Gasteiger partial charge in [0.25, 0.3) is 0 Å². The third-order valence-electron chi connectivity index (χ3n) is 5.29. The van der Waals surface area contributed by atoms with Crippen molar-refractivity contribution >= 4 is 40.0 Å². The minimum atomic E-state index is -3.63. The number of hydrogen-bond acceptors (Lipinski definition) is 3. The second-order valence-electron chi connectivity index (χ2n) is 7.12. The minimum Gasteiger partial charge on any atom is -0.357 e. The fourth-order valence-electron chi connectivity index (χ4n) is 3.51. The first-order valence-corrected chi connectivity index (χ1v) is 11.1. The summed E-state index contributed by atoms with van der Waals surface area (Å²) in [5.74, 6) is 0.855. The largest absolute Gasteiger partial charge is 0.357 e. The van der Waals surface area contributed by atoms with Crippen molar-refractivity contribution in [3.63, 3.8) is 0 Å². The van der Waals surface area contributed by atoms with Gasteiger partial charge in [-0.15, -0.1) is 24.0 Å². The second kappa shape index (κ2) is 11.2. The van der Waals surface area contributed by atoms with Gasteiger partial charge in [0.2, 0.25) is 10.0 Å². The van der Waals surface area contributed by atoms with Crippen LogP contribution in [-0.4, -0.2) is 34.0 Å². The fraction of sp³-hybridized carbons (Fsp3) is 0.632. The average molecular weight is 508 g/mol. The minimum absolute atomic E-state index is 0. The maximum absolute atomic E-state index is 11.3. The number of aliphatic imine (C=N–C) groups is 1. The highest BCUT2D eigenvalue weighted by Gasteiger charge is 2.31. The molecule has 1 aromatic carbocycles. The van der Waals surface area contributed by atoms with Gasteiger partial charge in [0.05, 0.1) is 4.90 Å². The van der Waals surface area contributed by atoms with Crippen LogP contribution in [0, 0.1) is 5.41 Å². The van der Waals surface area contributed by atoms with Crippen LogP contribution in [0.25, 0.3) is 0 Å². The molecular weight excluding hydrogens is 475 g/mol. The summed E-state index contributed by atoms with van der Waals surface area (Å²) < 4.78 is 22.6. The number of rotatable bonds is 8. The Balaban J connectivity index is 0.00000364. The van der Waals surface area contributed by atoms with Crippen LogP contribution in [0.15, 0.2) is 34.2 Å². The van der Waals surface area contributed by atoms with E-state index < -0.39 is 10.0 Å². The molecule has 1 aliphatic rings. The van der Waals surface area contributed by atoms with Gasteiger partial charge >= 0.3 is 0 Å². The molecule has 1 saturated carbocycles. The van der Waals surface area contributed by atoms with E-state index in [-0.39, 0.29) is 28.9 Å². The summed E-state index contributed by atoms with van der Waals surface area (Å²) in [6.45, 7) is 6.77. The number of halogens is 1. The van der Waals surface area contributed by atoms with Crippen molar-refractivity contribution in [1.29, 1.82) is 0 Å². The van der Waals surface area contributed by atoms with Crippen LogP contribution in [-0.2, 0) is 16.4 Å². The molecule has 0 atom stereocenters. The highest BCUT2D eigenvalue weighted by molar-refractivity contribution is 14.0. The van der Waals surface area contributed by atoms with Crippen LogP contribution in [0.1, 0.15) is 51.5 Å². The van der Waals surface area contributed by atoms with Gasteiger partial charge in [-0.25, -0.2) is 13.6 Å². The Bertz CT molecular complexity index is 699. The van der Waals surface area contributed by atoms with E-state index in [2.05, 4.69) is 24.5 Å². The van der Waals surface area contributed by atoms with Crippen molar-refractivity contribution in [3.8, 4) is 0 Å². The molecule has 154 valence electrons. The molecule has 0 radical (unpaired) electrons. The Labute approximate surface area is 180 Å². The first kappa shape index (κ1) is 24.2. The molecule has 2 rings (SSSR count). The lowest BCUT2D eigenvalue weighted by Crippen LogP contribution is -2.39. The molecule has 0 spiro atoms. The van der Waals surface area contributed by atoms with Gasteiger partial charge in [-0.1, -0.05) is 31.9 Å². The number of benzene rings is 1. The van der Waals surface area contributed by atoms with Crippen LogP contribution in [0.3, 0.4) is 0 Å². The molecule has 4 N–H and O–H groups in total. The molecule has 27 heavy (non-hydrogen) atoms. The van der Waals surface area contributed by atoms with E-state index in [1.807, 2.05) is 0 Å². The van der Waals surface area contributed by atoms with E-state index >= 15 is 0 Å². The molecule has 0 aliphatic heterocycles. The number of sulfonamides is 1. The van der Waals surface area contributed by atoms with Crippen LogP contribution in [0.2, 0.25) is 0 Å². The molecule has 6 nitrogen and oxygen atoms in total. The molecule has 1 fully saturated rings. The maximum atomic E-state index is 11.3. The summed E-state index contributed by atoms with van der Waals surface area (Å²) >= 11 is 0. The van der Waals surface area contributed by atoms with E-state index in [0.717, 1.165) is 37.6 Å². The quantitative estimate of drug-likeness (QED) is 0.286. The molecule has 0 unspecified atom stereocenters. The van der Waals surface area contributed by atoms with E-state index in [1.165, 1.54) is 32.1 Å². The lowest BCUT2D eigenvalue weighted by atomic mass is 9.84. The summed E-state index contributed by atoms with van der Waals surface area (Å²) in [5.41, 5.74) is 1.44. The SMILES string of the molecule is CCNC(=NCC1(CC)CCCC1)NCCc1ccc(S(N)(=O)=O)cc1.I. The van der Waals surface area contributed by atoms with Gasteiger partial charge in [0, 0.05) is 19.6 Å². The number of nitrogens with two attached hydrogens (primary N) is 1. The second-order valence-corrected chi connectivity index (χ2v) is 8.68. The highest BCUT2D eigenvalue weighted by Crippen LogP contribution is 2.41. The monoisotopic (exact) mass is 508 g/mol. The number of hydrogen-bond donors (Lipinski definition) is 3. The predicted octanol–water partition coefficient (Wildman–Crippen LogP) is 3.02. The number of primary sulfonamides is 1. The van der Waals surface area contributed by atoms with Crippen LogP contribution < -0.4 is 15.8 Å². The summed E-state index contributed by atoms with van der Waals surface area (Å²) in [5, 5.41) is 11.8. The zero-order valence-corrected chi connectivity index (χ0v) is 19.5. The molecular formula is C19H33IN4O2S. The molecule has 0 aromatic heterocycles. The molecule has 1 aromatic rings. The lowest BCUT2D eigenvalue weighted by Gasteiger charge is -2.25. The zero-order chi connectivity index (χ0) is 19.0. The third kappa shape index (κ3) is 7.57. The summed E-state index contributed by atoms with van der Waals surface area (Å²) in [6, 6.07) is 6.70. The van der Waals surface area contributed by atoms with Gasteiger partial charge < -0.3 is 10.6 Å². The Morgan fingerprint density at radius 1 is 1.15 bits per heavy atom. The Morgan fingerprint density at radius 3 is 2.30 bits per heavy atom. The predicted molar refractivity (Wildman–Crippen MR) is 122 cm³/mol. The lowest BCUT2D eigenvalue weighted by molar-refractivity contribution is 0.297. The summed E-state index contributed by atoms with van der Waals surface area (Å²) in [6.07, 6.45) is 7.18. The average Bonchev–Trinajstić information content (AvgIpc) is 3.09. The zero-order valence-electron chi connectivity index (χ0n) is 16.3. The molecule has 0 heterocycles.